The van der Waals surface area contributed by atoms with Crippen LogP contribution in [-0.2, 0) is 0 Å². The molecule has 0 spiro atoms. The number of methoxy groups -OCH3 is 1. The van der Waals surface area contributed by atoms with Gasteiger partial charge < -0.3 is 10.1 Å². The minimum atomic E-state index is 0.330. The van der Waals surface area contributed by atoms with Crippen molar-refractivity contribution in [3.8, 4) is 11.8 Å². The number of nitrogens with one attached hydrogen (secondary N) is 1. The van der Waals surface area contributed by atoms with E-state index in [0.29, 0.717) is 32.9 Å². The van der Waals surface area contributed by atoms with Crippen LogP contribution in [0.25, 0.3) is 0 Å². The molecule has 1 heterocycles. The van der Waals surface area contributed by atoms with E-state index in [-0.39, 0.29) is 0 Å². The van der Waals surface area contributed by atoms with E-state index < -0.39 is 0 Å². The Labute approximate surface area is 120 Å². The van der Waals surface area contributed by atoms with Gasteiger partial charge in [0.1, 0.15) is 17.4 Å². The minimum Gasteiger partial charge on any atom is -0.495 e. The Kier molecular flexibility index (Phi) is 4.10. The van der Waals surface area contributed by atoms with Gasteiger partial charge in [0.15, 0.2) is 5.82 Å². The molecule has 1 aromatic heterocycles. The molecule has 0 atom stereocenters. The summed E-state index contributed by atoms with van der Waals surface area (Å²) in [6.45, 7) is 0. The summed E-state index contributed by atoms with van der Waals surface area (Å²) in [5.41, 5.74) is 1.02. The number of ether oxygens (including phenoxy) is 1. The maximum Gasteiger partial charge on any atom is 0.152 e. The van der Waals surface area contributed by atoms with Crippen LogP contribution in [0, 0.1) is 11.3 Å². The molecule has 96 valence electrons. The third-order valence-corrected chi connectivity index (χ3v) is 3.17. The Morgan fingerprint density at radius 1 is 1.26 bits per heavy atom. The smallest absolute Gasteiger partial charge is 0.152 e. The fraction of sp³-hybridized carbons (Fsp3) is 0.0769. The molecule has 2 rings (SSSR count). The normalized spacial score (nSPS) is 9.79. The van der Waals surface area contributed by atoms with Crippen molar-refractivity contribution in [1.29, 1.82) is 5.26 Å². The highest BCUT2D eigenvalue weighted by Gasteiger charge is 2.10. The third kappa shape index (κ3) is 2.90. The lowest BCUT2D eigenvalue weighted by Crippen LogP contribution is -1.99. The second kappa shape index (κ2) is 5.79. The number of aromatic nitrogens is 1. The highest BCUT2D eigenvalue weighted by molar-refractivity contribution is 6.42. The number of halogens is 2. The van der Waals surface area contributed by atoms with Crippen LogP contribution in [0.2, 0.25) is 10.0 Å². The average Bonchev–Trinajstić information content (AvgIpc) is 2.42. The van der Waals surface area contributed by atoms with Crippen LogP contribution >= 0.6 is 23.2 Å². The quantitative estimate of drug-likeness (QED) is 0.929. The van der Waals surface area contributed by atoms with Gasteiger partial charge in [-0.15, -0.1) is 0 Å². The number of benzene rings is 1. The predicted molar refractivity (Wildman–Crippen MR) is 75.2 cm³/mol. The molecule has 0 saturated heterocycles. The zero-order valence-corrected chi connectivity index (χ0v) is 11.5. The van der Waals surface area contributed by atoms with Crippen molar-refractivity contribution in [2.24, 2.45) is 0 Å². The molecular weight excluding hydrogens is 285 g/mol. The van der Waals surface area contributed by atoms with Gasteiger partial charge in [0, 0.05) is 11.9 Å². The molecule has 1 N–H and O–H groups in total. The SMILES string of the molecule is COc1ccnc(Nc2ccc(Cl)c(Cl)c2)c1C#N. The summed E-state index contributed by atoms with van der Waals surface area (Å²) in [7, 11) is 1.50. The van der Waals surface area contributed by atoms with Crippen molar-refractivity contribution in [3.05, 3.63) is 46.1 Å². The molecule has 0 aliphatic rings. The van der Waals surface area contributed by atoms with Crippen molar-refractivity contribution in [1.82, 2.24) is 4.98 Å². The van der Waals surface area contributed by atoms with Gasteiger partial charge in [0.2, 0.25) is 0 Å². The second-order valence-corrected chi connectivity index (χ2v) is 4.42. The first-order valence-electron chi connectivity index (χ1n) is 5.31. The highest BCUT2D eigenvalue weighted by Crippen LogP contribution is 2.29. The lowest BCUT2D eigenvalue weighted by atomic mass is 10.2. The lowest BCUT2D eigenvalue weighted by Gasteiger charge is -2.10. The fourth-order valence-electron chi connectivity index (χ4n) is 1.53. The number of nitriles is 1. The van der Waals surface area contributed by atoms with Crippen LogP contribution in [-0.4, -0.2) is 12.1 Å². The van der Waals surface area contributed by atoms with Gasteiger partial charge >= 0.3 is 0 Å². The van der Waals surface area contributed by atoms with Crippen LogP contribution in [0.1, 0.15) is 5.56 Å². The average molecular weight is 294 g/mol. The molecule has 0 amide bonds. The predicted octanol–water partition coefficient (Wildman–Crippen LogP) is 4.01. The maximum absolute atomic E-state index is 9.15. The number of rotatable bonds is 3. The Hall–Kier alpha value is -1.96. The van der Waals surface area contributed by atoms with Gasteiger partial charge in [-0.25, -0.2) is 4.98 Å². The molecule has 0 aliphatic heterocycles. The molecule has 0 saturated carbocycles. The van der Waals surface area contributed by atoms with E-state index in [0.717, 1.165) is 0 Å². The first-order valence-corrected chi connectivity index (χ1v) is 6.06. The molecule has 4 nitrogen and oxygen atoms in total. The van der Waals surface area contributed by atoms with E-state index in [9.17, 15) is 0 Å². The van der Waals surface area contributed by atoms with E-state index in [1.165, 1.54) is 7.11 Å². The molecule has 6 heteroatoms. The van der Waals surface area contributed by atoms with Crippen molar-refractivity contribution in [3.63, 3.8) is 0 Å². The van der Waals surface area contributed by atoms with E-state index >= 15 is 0 Å². The number of hydrogen-bond acceptors (Lipinski definition) is 4. The summed E-state index contributed by atoms with van der Waals surface area (Å²) in [6.07, 6.45) is 1.56. The van der Waals surface area contributed by atoms with E-state index in [2.05, 4.69) is 16.4 Å². The number of anilines is 2. The summed E-state index contributed by atoms with van der Waals surface area (Å²) in [5, 5.41) is 13.0. The van der Waals surface area contributed by atoms with Crippen molar-refractivity contribution < 1.29 is 4.74 Å². The summed E-state index contributed by atoms with van der Waals surface area (Å²) in [4.78, 5) is 4.12. The third-order valence-electron chi connectivity index (χ3n) is 2.43. The van der Waals surface area contributed by atoms with Crippen molar-refractivity contribution >= 4 is 34.7 Å². The molecule has 2 aromatic rings. The van der Waals surface area contributed by atoms with Crippen LogP contribution < -0.4 is 10.1 Å². The summed E-state index contributed by atoms with van der Waals surface area (Å²) < 4.78 is 5.11. The van der Waals surface area contributed by atoms with Gasteiger partial charge in [-0.3, -0.25) is 0 Å². The molecule has 0 bridgehead atoms. The number of pyridine rings is 1. The topological polar surface area (TPSA) is 57.9 Å². The van der Waals surface area contributed by atoms with Crippen molar-refractivity contribution in [2.45, 2.75) is 0 Å². The molecule has 0 radical (unpaired) electrons. The highest BCUT2D eigenvalue weighted by atomic mass is 35.5. The van der Waals surface area contributed by atoms with Crippen LogP contribution in [0.4, 0.5) is 11.5 Å². The van der Waals surface area contributed by atoms with Crippen LogP contribution in [0.3, 0.4) is 0 Å². The van der Waals surface area contributed by atoms with Gasteiger partial charge in [-0.1, -0.05) is 23.2 Å². The Balaban J connectivity index is 2.38. The minimum absolute atomic E-state index is 0.330. The van der Waals surface area contributed by atoms with Crippen LogP contribution in [0.5, 0.6) is 5.75 Å². The van der Waals surface area contributed by atoms with Gasteiger partial charge in [0.25, 0.3) is 0 Å². The Bertz CT molecular complexity index is 653. The monoisotopic (exact) mass is 293 g/mol. The zero-order chi connectivity index (χ0) is 13.8. The van der Waals surface area contributed by atoms with E-state index in [4.69, 9.17) is 33.2 Å². The largest absolute Gasteiger partial charge is 0.495 e. The fourth-order valence-corrected chi connectivity index (χ4v) is 1.83. The standard InChI is InChI=1S/C13H9Cl2N3O/c1-19-12-4-5-17-13(9(12)7-16)18-8-2-3-10(14)11(15)6-8/h2-6H,1H3,(H,17,18). The molecule has 0 fully saturated rings. The summed E-state index contributed by atoms with van der Waals surface area (Å²) in [5.74, 6) is 0.861. The molecule has 0 aliphatic carbocycles. The molecule has 19 heavy (non-hydrogen) atoms. The van der Waals surface area contributed by atoms with Gasteiger partial charge in [-0.05, 0) is 24.3 Å². The van der Waals surface area contributed by atoms with Gasteiger partial charge in [-0.2, -0.15) is 5.26 Å². The first kappa shape index (κ1) is 13.5. The summed E-state index contributed by atoms with van der Waals surface area (Å²) >= 11 is 11.8. The first-order chi connectivity index (χ1) is 9.15. The zero-order valence-electron chi connectivity index (χ0n) is 9.95. The summed E-state index contributed by atoms with van der Waals surface area (Å²) in [6, 6.07) is 8.75. The Morgan fingerprint density at radius 3 is 2.68 bits per heavy atom. The number of hydrogen-bond donors (Lipinski definition) is 1. The second-order valence-electron chi connectivity index (χ2n) is 3.60. The molecule has 0 unspecified atom stereocenters. The van der Waals surface area contributed by atoms with Gasteiger partial charge in [0.05, 0.1) is 17.2 Å². The molecule has 1 aromatic carbocycles. The number of nitrogens with zero attached hydrogens (tertiary/aromatic N) is 2. The lowest BCUT2D eigenvalue weighted by molar-refractivity contribution is 0.413. The van der Waals surface area contributed by atoms with Crippen LogP contribution in [0.15, 0.2) is 30.5 Å². The maximum atomic E-state index is 9.15. The van der Waals surface area contributed by atoms with Crippen molar-refractivity contribution in [2.75, 3.05) is 12.4 Å². The Morgan fingerprint density at radius 2 is 2.05 bits per heavy atom. The molecular formula is C13H9Cl2N3O. The van der Waals surface area contributed by atoms with E-state index in [1.807, 2.05) is 0 Å². The van der Waals surface area contributed by atoms with E-state index in [1.54, 1.807) is 30.5 Å².